The van der Waals surface area contributed by atoms with Gasteiger partial charge in [0.05, 0.1) is 19.4 Å². The van der Waals surface area contributed by atoms with Crippen LogP contribution in [0, 0.1) is 0 Å². The molecule has 0 spiro atoms. The first-order chi connectivity index (χ1) is 13.2. The van der Waals surface area contributed by atoms with Crippen LogP contribution in [-0.2, 0) is 20.7 Å². The standard InChI is InChI=1S/C20H18N2O4S/c1-25-16-9-7-15(8-10-16)17-13-27-20(21-17)22-18(23)19(24)26-12-11-14-5-3-2-4-6-14/h2-10,13H,11-12H2,1H3,(H,21,22,23). The van der Waals surface area contributed by atoms with E-state index in [2.05, 4.69) is 10.3 Å². The smallest absolute Gasteiger partial charge is 0.397 e. The van der Waals surface area contributed by atoms with Gasteiger partial charge in [-0.2, -0.15) is 0 Å². The molecule has 0 saturated carbocycles. The first-order valence-corrected chi connectivity index (χ1v) is 9.15. The highest BCUT2D eigenvalue weighted by Gasteiger charge is 2.17. The summed E-state index contributed by atoms with van der Waals surface area (Å²) in [5.74, 6) is -1.01. The van der Waals surface area contributed by atoms with E-state index in [1.807, 2.05) is 54.6 Å². The third-order valence-electron chi connectivity index (χ3n) is 3.76. The van der Waals surface area contributed by atoms with Gasteiger partial charge in [-0.05, 0) is 29.8 Å². The normalized spacial score (nSPS) is 10.3. The van der Waals surface area contributed by atoms with Crippen LogP contribution in [0.5, 0.6) is 5.75 Å². The molecule has 3 aromatic rings. The van der Waals surface area contributed by atoms with Gasteiger partial charge in [0.1, 0.15) is 5.75 Å². The van der Waals surface area contributed by atoms with Crippen molar-refractivity contribution in [2.24, 2.45) is 0 Å². The van der Waals surface area contributed by atoms with Gasteiger partial charge in [-0.15, -0.1) is 11.3 Å². The first kappa shape index (κ1) is 18.6. The Morgan fingerprint density at radius 2 is 1.81 bits per heavy atom. The lowest BCUT2D eigenvalue weighted by Gasteiger charge is -2.04. The lowest BCUT2D eigenvalue weighted by atomic mass is 10.2. The molecule has 0 aliphatic carbocycles. The summed E-state index contributed by atoms with van der Waals surface area (Å²) < 4.78 is 10.1. The highest BCUT2D eigenvalue weighted by Crippen LogP contribution is 2.26. The van der Waals surface area contributed by atoms with Gasteiger partial charge in [-0.25, -0.2) is 9.78 Å². The van der Waals surface area contributed by atoms with E-state index in [4.69, 9.17) is 9.47 Å². The molecule has 6 nitrogen and oxygen atoms in total. The van der Waals surface area contributed by atoms with Crippen LogP contribution in [0.15, 0.2) is 60.0 Å². The Morgan fingerprint density at radius 1 is 1.07 bits per heavy atom. The second-order valence-electron chi connectivity index (χ2n) is 5.59. The molecule has 0 aliphatic heterocycles. The third kappa shape index (κ3) is 5.15. The Kier molecular flexibility index (Phi) is 6.17. The Bertz CT molecular complexity index is 907. The van der Waals surface area contributed by atoms with Crippen molar-refractivity contribution in [3.05, 3.63) is 65.5 Å². The van der Waals surface area contributed by atoms with E-state index in [1.54, 1.807) is 12.5 Å². The largest absolute Gasteiger partial charge is 0.497 e. The minimum absolute atomic E-state index is 0.144. The summed E-state index contributed by atoms with van der Waals surface area (Å²) >= 11 is 1.24. The number of ether oxygens (including phenoxy) is 2. The van der Waals surface area contributed by atoms with Crippen molar-refractivity contribution in [1.29, 1.82) is 0 Å². The van der Waals surface area contributed by atoms with Gasteiger partial charge in [0, 0.05) is 17.4 Å². The highest BCUT2D eigenvalue weighted by atomic mass is 32.1. The fraction of sp³-hybridized carbons (Fsp3) is 0.150. The van der Waals surface area contributed by atoms with Gasteiger partial charge in [0.25, 0.3) is 0 Å². The molecule has 0 fully saturated rings. The summed E-state index contributed by atoms with van der Waals surface area (Å²) in [7, 11) is 1.60. The molecule has 0 unspecified atom stereocenters. The Hall–Kier alpha value is -3.19. The molecule has 0 bridgehead atoms. The molecule has 1 amide bonds. The zero-order valence-electron chi connectivity index (χ0n) is 14.7. The number of thiazole rings is 1. The van der Waals surface area contributed by atoms with Crippen molar-refractivity contribution in [3.63, 3.8) is 0 Å². The average molecular weight is 382 g/mol. The van der Waals surface area contributed by atoms with Crippen molar-refractivity contribution in [3.8, 4) is 17.0 Å². The first-order valence-electron chi connectivity index (χ1n) is 8.27. The number of nitrogens with zero attached hydrogens (tertiary/aromatic N) is 1. The minimum Gasteiger partial charge on any atom is -0.497 e. The number of methoxy groups -OCH3 is 1. The molecule has 7 heteroatoms. The maximum absolute atomic E-state index is 11.9. The molecule has 1 heterocycles. The van der Waals surface area contributed by atoms with Gasteiger partial charge in [0.2, 0.25) is 0 Å². The summed E-state index contributed by atoms with van der Waals surface area (Å²) in [6.45, 7) is 0.144. The Labute approximate surface area is 160 Å². The van der Waals surface area contributed by atoms with Crippen LogP contribution in [-0.4, -0.2) is 30.6 Å². The number of aromatic nitrogens is 1. The van der Waals surface area contributed by atoms with Crippen LogP contribution < -0.4 is 10.1 Å². The van der Waals surface area contributed by atoms with Crippen molar-refractivity contribution in [2.45, 2.75) is 6.42 Å². The van der Waals surface area contributed by atoms with Crippen molar-refractivity contribution < 1.29 is 19.1 Å². The van der Waals surface area contributed by atoms with E-state index in [0.717, 1.165) is 16.9 Å². The quantitative estimate of drug-likeness (QED) is 0.521. The zero-order chi connectivity index (χ0) is 19.1. The number of esters is 1. The molecule has 138 valence electrons. The van der Waals surface area contributed by atoms with Crippen LogP contribution in [0.4, 0.5) is 5.13 Å². The fourth-order valence-corrected chi connectivity index (χ4v) is 3.06. The summed E-state index contributed by atoms with van der Waals surface area (Å²) in [6, 6.07) is 17.0. The molecule has 0 saturated heterocycles. The minimum atomic E-state index is -0.924. The van der Waals surface area contributed by atoms with Gasteiger partial charge < -0.3 is 9.47 Å². The summed E-state index contributed by atoms with van der Waals surface area (Å²) in [6.07, 6.45) is 0.554. The number of benzene rings is 2. The number of carbonyl (C=O) groups excluding carboxylic acids is 2. The Morgan fingerprint density at radius 3 is 2.52 bits per heavy atom. The number of hydrogen-bond donors (Lipinski definition) is 1. The van der Waals surface area contributed by atoms with Crippen LogP contribution in [0.3, 0.4) is 0 Å². The number of hydrogen-bond acceptors (Lipinski definition) is 6. The molecule has 1 N–H and O–H groups in total. The van der Waals surface area contributed by atoms with Crippen LogP contribution in [0.25, 0.3) is 11.3 Å². The third-order valence-corrected chi connectivity index (χ3v) is 4.52. The second-order valence-corrected chi connectivity index (χ2v) is 6.45. The lowest BCUT2D eigenvalue weighted by Crippen LogP contribution is -2.25. The summed E-state index contributed by atoms with van der Waals surface area (Å²) in [4.78, 5) is 28.1. The van der Waals surface area contributed by atoms with E-state index >= 15 is 0 Å². The molecular weight excluding hydrogens is 364 g/mol. The monoisotopic (exact) mass is 382 g/mol. The number of carbonyl (C=O) groups is 2. The van der Waals surface area contributed by atoms with E-state index in [0.29, 0.717) is 17.2 Å². The van der Waals surface area contributed by atoms with Crippen LogP contribution in [0.2, 0.25) is 0 Å². The SMILES string of the molecule is COc1ccc(-c2csc(NC(=O)C(=O)OCCc3ccccc3)n2)cc1. The number of anilines is 1. The zero-order valence-corrected chi connectivity index (χ0v) is 15.5. The second kappa shape index (κ2) is 8.95. The molecule has 2 aromatic carbocycles. The summed E-state index contributed by atoms with van der Waals surface area (Å²) in [5, 5.41) is 4.61. The van der Waals surface area contributed by atoms with Crippen molar-refractivity contribution in [2.75, 3.05) is 19.0 Å². The number of nitrogens with one attached hydrogen (secondary N) is 1. The average Bonchev–Trinajstić information content (AvgIpc) is 3.17. The molecular formula is C20H18N2O4S. The predicted molar refractivity (Wildman–Crippen MR) is 104 cm³/mol. The van der Waals surface area contributed by atoms with Crippen molar-refractivity contribution >= 4 is 28.3 Å². The van der Waals surface area contributed by atoms with Crippen LogP contribution >= 0.6 is 11.3 Å². The molecule has 3 rings (SSSR count). The van der Waals surface area contributed by atoms with Crippen LogP contribution in [0.1, 0.15) is 5.56 Å². The predicted octanol–water partition coefficient (Wildman–Crippen LogP) is 3.54. The van der Waals surface area contributed by atoms with Gasteiger partial charge >= 0.3 is 11.9 Å². The van der Waals surface area contributed by atoms with E-state index in [9.17, 15) is 9.59 Å². The maximum Gasteiger partial charge on any atom is 0.397 e. The molecule has 0 aliphatic rings. The van der Waals surface area contributed by atoms with Gasteiger partial charge in [-0.1, -0.05) is 30.3 Å². The van der Waals surface area contributed by atoms with E-state index in [1.165, 1.54) is 11.3 Å². The number of amides is 1. The highest BCUT2D eigenvalue weighted by molar-refractivity contribution is 7.14. The Balaban J connectivity index is 1.51. The fourth-order valence-electron chi connectivity index (χ4n) is 2.35. The number of rotatable bonds is 6. The molecule has 1 aromatic heterocycles. The molecule has 0 atom stereocenters. The van der Waals surface area contributed by atoms with E-state index < -0.39 is 11.9 Å². The van der Waals surface area contributed by atoms with Gasteiger partial charge in [-0.3, -0.25) is 10.1 Å². The lowest BCUT2D eigenvalue weighted by molar-refractivity contribution is -0.152. The van der Waals surface area contributed by atoms with Gasteiger partial charge in [0.15, 0.2) is 5.13 Å². The topological polar surface area (TPSA) is 77.5 Å². The maximum atomic E-state index is 11.9. The molecule has 0 radical (unpaired) electrons. The summed E-state index contributed by atoms with van der Waals surface area (Å²) in [5.41, 5.74) is 2.63. The van der Waals surface area contributed by atoms with E-state index in [-0.39, 0.29) is 6.61 Å². The van der Waals surface area contributed by atoms with Crippen molar-refractivity contribution in [1.82, 2.24) is 4.98 Å². The molecule has 27 heavy (non-hydrogen) atoms.